The number of amides is 1. The number of halogens is 2. The fraction of sp³-hybridized carbons (Fsp3) is 0.562. The van der Waals surface area contributed by atoms with Gasteiger partial charge in [0.15, 0.2) is 0 Å². The first-order chi connectivity index (χ1) is 10.4. The van der Waals surface area contributed by atoms with E-state index in [9.17, 15) is 13.6 Å². The fourth-order valence-corrected chi connectivity index (χ4v) is 2.89. The molecule has 0 aromatic heterocycles. The molecule has 1 saturated carbocycles. The summed E-state index contributed by atoms with van der Waals surface area (Å²) < 4.78 is 28.4. The minimum Gasteiger partial charge on any atom is -0.435 e. The highest BCUT2D eigenvalue weighted by molar-refractivity contribution is 5.80. The first-order valence-corrected chi connectivity index (χ1v) is 7.49. The van der Waals surface area contributed by atoms with E-state index in [-0.39, 0.29) is 17.6 Å². The second-order valence-corrected chi connectivity index (χ2v) is 6.04. The topological polar surface area (TPSA) is 64.4 Å². The van der Waals surface area contributed by atoms with Crippen molar-refractivity contribution in [3.8, 4) is 5.75 Å². The predicted molar refractivity (Wildman–Crippen MR) is 79.5 cm³/mol. The van der Waals surface area contributed by atoms with Crippen LogP contribution in [0, 0.1) is 5.92 Å². The molecule has 0 aliphatic heterocycles. The van der Waals surface area contributed by atoms with Crippen molar-refractivity contribution < 1.29 is 18.3 Å². The molecule has 1 fully saturated rings. The Hall–Kier alpha value is -1.69. The molecule has 2 unspecified atom stereocenters. The van der Waals surface area contributed by atoms with E-state index in [1.165, 1.54) is 12.1 Å². The summed E-state index contributed by atoms with van der Waals surface area (Å²) in [5, 5.41) is 2.88. The summed E-state index contributed by atoms with van der Waals surface area (Å²) in [6.07, 6.45) is 3.73. The second kappa shape index (κ2) is 7.05. The molecule has 1 aliphatic rings. The van der Waals surface area contributed by atoms with Gasteiger partial charge in [-0.25, -0.2) is 0 Å². The summed E-state index contributed by atoms with van der Waals surface area (Å²) >= 11 is 0. The van der Waals surface area contributed by atoms with Crippen molar-refractivity contribution in [2.24, 2.45) is 11.7 Å². The monoisotopic (exact) mass is 312 g/mol. The second-order valence-electron chi connectivity index (χ2n) is 6.04. The van der Waals surface area contributed by atoms with Crippen LogP contribution in [0.3, 0.4) is 0 Å². The van der Waals surface area contributed by atoms with Gasteiger partial charge in [-0.05, 0) is 37.5 Å². The lowest BCUT2D eigenvalue weighted by Crippen LogP contribution is -2.52. The van der Waals surface area contributed by atoms with Gasteiger partial charge in [-0.3, -0.25) is 4.79 Å². The van der Waals surface area contributed by atoms with E-state index in [1.807, 2.05) is 6.92 Å². The van der Waals surface area contributed by atoms with E-state index in [1.54, 1.807) is 12.1 Å². The van der Waals surface area contributed by atoms with Gasteiger partial charge in [0.1, 0.15) is 5.75 Å². The average molecular weight is 312 g/mol. The van der Waals surface area contributed by atoms with E-state index >= 15 is 0 Å². The highest BCUT2D eigenvalue weighted by Crippen LogP contribution is 2.31. The Labute approximate surface area is 129 Å². The number of ether oxygens (including phenoxy) is 1. The molecule has 1 aromatic rings. The largest absolute Gasteiger partial charge is 0.435 e. The summed E-state index contributed by atoms with van der Waals surface area (Å²) in [6.45, 7) is -0.563. The predicted octanol–water partition coefficient (Wildman–Crippen LogP) is 2.81. The highest BCUT2D eigenvalue weighted by Gasteiger charge is 2.37. The van der Waals surface area contributed by atoms with Crippen molar-refractivity contribution in [1.29, 1.82) is 0 Å². The third-order valence-corrected chi connectivity index (χ3v) is 4.19. The number of nitrogens with two attached hydrogens (primary N) is 1. The van der Waals surface area contributed by atoms with Crippen molar-refractivity contribution in [3.05, 3.63) is 29.8 Å². The van der Waals surface area contributed by atoms with Crippen molar-refractivity contribution in [2.45, 2.75) is 51.3 Å². The van der Waals surface area contributed by atoms with Crippen molar-refractivity contribution in [3.63, 3.8) is 0 Å². The number of carbonyl (C=O) groups excluding carboxylic acids is 1. The Morgan fingerprint density at radius 3 is 2.68 bits per heavy atom. The molecule has 1 aliphatic carbocycles. The Morgan fingerprint density at radius 2 is 2.09 bits per heavy atom. The molecule has 1 amide bonds. The first-order valence-electron chi connectivity index (χ1n) is 7.49. The molecule has 0 radical (unpaired) electrons. The quantitative estimate of drug-likeness (QED) is 0.878. The molecule has 3 N–H and O–H groups in total. The summed E-state index contributed by atoms with van der Waals surface area (Å²) in [5.74, 6) is -0.118. The van der Waals surface area contributed by atoms with Gasteiger partial charge in [-0.1, -0.05) is 25.0 Å². The lowest BCUT2D eigenvalue weighted by Gasteiger charge is -2.37. The molecule has 0 heterocycles. The third-order valence-electron chi connectivity index (χ3n) is 4.19. The third kappa shape index (κ3) is 4.40. The van der Waals surface area contributed by atoms with Gasteiger partial charge in [0.05, 0.1) is 5.92 Å². The molecular weight excluding hydrogens is 290 g/mol. The smallest absolute Gasteiger partial charge is 0.387 e. The lowest BCUT2D eigenvalue weighted by molar-refractivity contribution is -0.128. The van der Waals surface area contributed by atoms with Gasteiger partial charge in [0.25, 0.3) is 0 Å². The Balaban J connectivity index is 1.88. The number of hydrogen-bond acceptors (Lipinski definition) is 3. The Bertz CT molecular complexity index is 503. The maximum absolute atomic E-state index is 12.3. The molecule has 0 saturated heterocycles. The lowest BCUT2D eigenvalue weighted by atomic mass is 9.74. The molecule has 2 atom stereocenters. The number of hydrogen-bond donors (Lipinski definition) is 2. The van der Waals surface area contributed by atoms with Crippen molar-refractivity contribution in [1.82, 2.24) is 5.32 Å². The molecule has 22 heavy (non-hydrogen) atoms. The van der Waals surface area contributed by atoms with Crippen LogP contribution in [-0.4, -0.2) is 18.1 Å². The van der Waals surface area contributed by atoms with Gasteiger partial charge in [-0.2, -0.15) is 8.78 Å². The number of nitrogens with one attached hydrogen (secondary N) is 1. The Kier molecular flexibility index (Phi) is 5.34. The molecule has 0 spiro atoms. The van der Waals surface area contributed by atoms with Crippen LogP contribution in [-0.2, 0) is 11.3 Å². The number of alkyl halides is 2. The minimum absolute atomic E-state index is 0.0439. The molecule has 6 heteroatoms. The maximum Gasteiger partial charge on any atom is 0.387 e. The first kappa shape index (κ1) is 16.7. The minimum atomic E-state index is -2.83. The summed E-state index contributed by atoms with van der Waals surface area (Å²) in [4.78, 5) is 12.3. The molecule has 4 nitrogen and oxygen atoms in total. The van der Waals surface area contributed by atoms with Crippen LogP contribution in [0.5, 0.6) is 5.75 Å². The van der Waals surface area contributed by atoms with E-state index in [2.05, 4.69) is 10.1 Å². The van der Waals surface area contributed by atoms with Crippen molar-refractivity contribution in [2.75, 3.05) is 0 Å². The molecule has 0 bridgehead atoms. The zero-order chi connectivity index (χ0) is 16.2. The standard InChI is InChI=1S/C16H22F2N2O2/c1-16(19)9-3-2-4-13(16)14(21)20-10-11-5-7-12(8-6-11)22-15(17)18/h5-8,13,15H,2-4,9-10,19H2,1H3,(H,20,21). The summed E-state index contributed by atoms with van der Waals surface area (Å²) in [7, 11) is 0. The molecular formula is C16H22F2N2O2. The average Bonchev–Trinajstić information content (AvgIpc) is 2.45. The Morgan fingerprint density at radius 1 is 1.41 bits per heavy atom. The molecule has 122 valence electrons. The summed E-state index contributed by atoms with van der Waals surface area (Å²) in [5.41, 5.74) is 6.57. The van der Waals surface area contributed by atoms with E-state index in [0.29, 0.717) is 6.54 Å². The van der Waals surface area contributed by atoms with Crippen LogP contribution in [0.2, 0.25) is 0 Å². The van der Waals surface area contributed by atoms with E-state index in [0.717, 1.165) is 31.2 Å². The van der Waals surface area contributed by atoms with E-state index in [4.69, 9.17) is 5.73 Å². The molecule has 2 rings (SSSR count). The van der Waals surface area contributed by atoms with Crippen LogP contribution < -0.4 is 15.8 Å². The van der Waals surface area contributed by atoms with E-state index < -0.39 is 12.2 Å². The van der Waals surface area contributed by atoms with Crippen LogP contribution in [0.1, 0.15) is 38.2 Å². The van der Waals surface area contributed by atoms with Gasteiger partial charge in [0, 0.05) is 12.1 Å². The van der Waals surface area contributed by atoms with Crippen LogP contribution in [0.15, 0.2) is 24.3 Å². The number of benzene rings is 1. The van der Waals surface area contributed by atoms with Crippen molar-refractivity contribution >= 4 is 5.91 Å². The summed E-state index contributed by atoms with van der Waals surface area (Å²) in [6, 6.07) is 6.23. The fourth-order valence-electron chi connectivity index (χ4n) is 2.89. The number of carbonyl (C=O) groups is 1. The molecule has 1 aromatic carbocycles. The zero-order valence-electron chi connectivity index (χ0n) is 12.6. The van der Waals surface area contributed by atoms with Crippen LogP contribution in [0.25, 0.3) is 0 Å². The van der Waals surface area contributed by atoms with Gasteiger partial charge >= 0.3 is 6.61 Å². The number of rotatable bonds is 5. The normalized spacial score (nSPS) is 25.0. The van der Waals surface area contributed by atoms with Crippen LogP contribution in [0.4, 0.5) is 8.78 Å². The highest BCUT2D eigenvalue weighted by atomic mass is 19.3. The van der Waals surface area contributed by atoms with Gasteiger partial charge in [0.2, 0.25) is 5.91 Å². The zero-order valence-corrected chi connectivity index (χ0v) is 12.6. The SMILES string of the molecule is CC1(N)CCCCC1C(=O)NCc1ccc(OC(F)F)cc1. The van der Waals surface area contributed by atoms with Gasteiger partial charge in [-0.15, -0.1) is 0 Å². The van der Waals surface area contributed by atoms with Crippen LogP contribution >= 0.6 is 0 Å². The maximum atomic E-state index is 12.3. The van der Waals surface area contributed by atoms with Gasteiger partial charge < -0.3 is 15.8 Å².